The Balaban J connectivity index is 1.33. The fraction of sp³-hybridized carbons (Fsp3) is 0.200. The van der Waals surface area contributed by atoms with Gasteiger partial charge < -0.3 is 0 Å². The maximum absolute atomic E-state index is 2.34. The number of aryl methyl sites for hydroxylation is 6. The van der Waals surface area contributed by atoms with E-state index in [-0.39, 0.29) is 0 Å². The third-order valence-electron chi connectivity index (χ3n) is 6.39. The molecule has 0 fully saturated rings. The van der Waals surface area contributed by atoms with E-state index in [4.69, 9.17) is 0 Å². The monoisotopic (exact) mass is 506 g/mol. The predicted octanol–water partition coefficient (Wildman–Crippen LogP) is 6.37. The van der Waals surface area contributed by atoms with Crippen LogP contribution in [0.2, 0.25) is 0 Å². The second-order valence-corrected chi connectivity index (χ2v) is 12.8. The maximum atomic E-state index is 2.34. The summed E-state index contributed by atoms with van der Waals surface area (Å²) in [6, 6.07) is 22.7. The molecule has 0 spiro atoms. The van der Waals surface area contributed by atoms with E-state index < -0.39 is 0 Å². The molecule has 5 heteroatoms. The molecule has 0 saturated heterocycles. The van der Waals surface area contributed by atoms with Crippen LogP contribution in [-0.4, -0.2) is 14.6 Å². The van der Waals surface area contributed by atoms with Gasteiger partial charge in [0.25, 0.3) is 0 Å². The van der Waals surface area contributed by atoms with Crippen molar-refractivity contribution in [3.05, 3.63) is 94.0 Å². The average Bonchev–Trinajstić information content (AvgIpc) is 3.53. The first-order valence-corrected chi connectivity index (χ1v) is 14.4. The summed E-state index contributed by atoms with van der Waals surface area (Å²) in [6.07, 6.45) is 0. The van der Waals surface area contributed by atoms with Gasteiger partial charge in [0.15, 0.2) is 0 Å². The van der Waals surface area contributed by atoms with Gasteiger partial charge in [-0.05, 0) is 75.4 Å². The minimum atomic E-state index is 1.31. The molecule has 0 atom stereocenters. The second kappa shape index (κ2) is 9.97. The zero-order valence-electron chi connectivity index (χ0n) is 21.2. The van der Waals surface area contributed by atoms with Crippen molar-refractivity contribution < 1.29 is 0 Å². The summed E-state index contributed by atoms with van der Waals surface area (Å²) in [5, 5.41) is 0. The number of benzene rings is 2. The molecule has 3 heterocycles. The lowest BCUT2D eigenvalue weighted by molar-refractivity contribution is 1.35. The SMILES string of the molecule is Cc1cc(C)c([B]c2ccc(-c3ccc(-c4ccc([B]c5c(C)cc(C)cc5C)s4)s3)s2)c(C)c1. The Kier molecular flexibility index (Phi) is 6.94. The van der Waals surface area contributed by atoms with E-state index >= 15 is 0 Å². The van der Waals surface area contributed by atoms with Crippen LogP contribution in [0.25, 0.3) is 19.5 Å². The Morgan fingerprint density at radius 2 is 0.743 bits per heavy atom. The predicted molar refractivity (Wildman–Crippen MR) is 162 cm³/mol. The van der Waals surface area contributed by atoms with Crippen LogP contribution in [0.5, 0.6) is 0 Å². The molecule has 3 aromatic heterocycles. The summed E-state index contributed by atoms with van der Waals surface area (Å²) in [5.74, 6) is 0. The van der Waals surface area contributed by atoms with Crippen molar-refractivity contribution in [3.8, 4) is 19.5 Å². The highest BCUT2D eigenvalue weighted by atomic mass is 32.1. The van der Waals surface area contributed by atoms with Crippen molar-refractivity contribution in [1.29, 1.82) is 0 Å². The lowest BCUT2D eigenvalue weighted by Crippen LogP contribution is -2.29. The third kappa shape index (κ3) is 5.28. The zero-order chi connectivity index (χ0) is 24.7. The van der Waals surface area contributed by atoms with Crippen LogP contribution >= 0.6 is 34.0 Å². The van der Waals surface area contributed by atoms with Gasteiger partial charge in [-0.3, -0.25) is 0 Å². The smallest absolute Gasteiger partial charge is 0.150 e. The largest absolute Gasteiger partial charge is 0.205 e. The molecule has 0 unspecified atom stereocenters. The highest BCUT2D eigenvalue weighted by Gasteiger charge is 2.14. The van der Waals surface area contributed by atoms with Crippen LogP contribution in [0.4, 0.5) is 0 Å². The van der Waals surface area contributed by atoms with E-state index in [0.29, 0.717) is 0 Å². The van der Waals surface area contributed by atoms with Crippen molar-refractivity contribution in [2.45, 2.75) is 41.5 Å². The van der Waals surface area contributed by atoms with Gasteiger partial charge in [0, 0.05) is 19.5 Å². The van der Waals surface area contributed by atoms with E-state index in [2.05, 4.69) is 117 Å². The van der Waals surface area contributed by atoms with E-state index in [1.165, 1.54) is 73.4 Å². The fourth-order valence-electron chi connectivity index (χ4n) is 4.85. The van der Waals surface area contributed by atoms with Gasteiger partial charge in [0.2, 0.25) is 14.6 Å². The minimum Gasteiger partial charge on any atom is -0.150 e. The molecule has 0 amide bonds. The van der Waals surface area contributed by atoms with E-state index in [9.17, 15) is 0 Å². The molecule has 0 bridgehead atoms. The number of rotatable bonds is 6. The molecule has 5 rings (SSSR count). The molecule has 0 aliphatic heterocycles. The van der Waals surface area contributed by atoms with Gasteiger partial charge in [0.1, 0.15) is 0 Å². The van der Waals surface area contributed by atoms with E-state index in [0.717, 1.165) is 0 Å². The summed E-state index contributed by atoms with van der Waals surface area (Å²) >= 11 is 5.64. The summed E-state index contributed by atoms with van der Waals surface area (Å²) in [7, 11) is 4.67. The molecule has 172 valence electrons. The summed E-state index contributed by atoms with van der Waals surface area (Å²) in [6.45, 7) is 13.2. The molecule has 2 aromatic carbocycles. The molecule has 5 aromatic rings. The average molecular weight is 506 g/mol. The highest BCUT2D eigenvalue weighted by Crippen LogP contribution is 2.37. The maximum Gasteiger partial charge on any atom is 0.205 e. The van der Waals surface area contributed by atoms with Crippen LogP contribution in [-0.2, 0) is 0 Å². The second-order valence-electron chi connectivity index (χ2n) is 9.48. The van der Waals surface area contributed by atoms with Crippen molar-refractivity contribution >= 4 is 69.0 Å². The van der Waals surface area contributed by atoms with Crippen molar-refractivity contribution in [2.75, 3.05) is 0 Å². The zero-order valence-corrected chi connectivity index (χ0v) is 23.6. The number of thiophene rings is 3. The lowest BCUT2D eigenvalue weighted by Gasteiger charge is -2.09. The Hall–Kier alpha value is -2.33. The van der Waals surface area contributed by atoms with Gasteiger partial charge in [-0.1, -0.05) is 80.7 Å². The Morgan fingerprint density at radius 1 is 0.429 bits per heavy atom. The quantitative estimate of drug-likeness (QED) is 0.235. The van der Waals surface area contributed by atoms with Gasteiger partial charge in [-0.15, -0.1) is 34.0 Å². The molecular formula is C30H28B2S3. The van der Waals surface area contributed by atoms with E-state index in [1.807, 2.05) is 34.0 Å². The summed E-state index contributed by atoms with van der Waals surface area (Å²) in [4.78, 5) is 5.35. The lowest BCUT2D eigenvalue weighted by atomic mass is 9.65. The molecular weight excluding hydrogens is 478 g/mol. The van der Waals surface area contributed by atoms with Gasteiger partial charge >= 0.3 is 0 Å². The molecule has 35 heavy (non-hydrogen) atoms. The number of hydrogen-bond donors (Lipinski definition) is 0. The first-order valence-electron chi connectivity index (χ1n) is 11.9. The van der Waals surface area contributed by atoms with Crippen LogP contribution in [0.3, 0.4) is 0 Å². The molecule has 0 N–H and O–H groups in total. The van der Waals surface area contributed by atoms with Crippen LogP contribution < -0.4 is 20.5 Å². The van der Waals surface area contributed by atoms with E-state index in [1.54, 1.807) is 0 Å². The molecule has 0 nitrogen and oxygen atoms in total. The van der Waals surface area contributed by atoms with Crippen LogP contribution in [0.1, 0.15) is 33.4 Å². The molecule has 0 aliphatic rings. The van der Waals surface area contributed by atoms with Crippen molar-refractivity contribution in [2.24, 2.45) is 0 Å². The molecule has 0 saturated carbocycles. The number of hydrogen-bond acceptors (Lipinski definition) is 3. The van der Waals surface area contributed by atoms with Crippen LogP contribution in [0, 0.1) is 41.5 Å². The van der Waals surface area contributed by atoms with Crippen molar-refractivity contribution in [3.63, 3.8) is 0 Å². The minimum absolute atomic E-state index is 1.31. The molecule has 2 radical (unpaired) electrons. The third-order valence-corrected chi connectivity index (χ3v) is 9.94. The summed E-state index contributed by atoms with van der Waals surface area (Å²) < 4.78 is 2.61. The highest BCUT2D eigenvalue weighted by molar-refractivity contribution is 7.31. The Morgan fingerprint density at radius 3 is 1.11 bits per heavy atom. The first kappa shape index (κ1) is 24.4. The van der Waals surface area contributed by atoms with Gasteiger partial charge in [-0.25, -0.2) is 0 Å². The fourth-order valence-corrected chi connectivity index (χ4v) is 7.94. The Bertz CT molecular complexity index is 1360. The molecule has 0 aliphatic carbocycles. The standard InChI is InChI=1S/C30H28B2S3/c1-17-13-19(3)29(20(4)14-17)31-27-11-9-25(34-27)23-7-8-24(33-23)26-10-12-28(35-26)32-30-21(5)15-18(2)16-22(30)6/h7-16H,1-6H3. The first-order chi connectivity index (χ1) is 16.8. The normalized spacial score (nSPS) is 11.1. The van der Waals surface area contributed by atoms with Gasteiger partial charge in [-0.2, -0.15) is 0 Å². The van der Waals surface area contributed by atoms with Gasteiger partial charge in [0.05, 0.1) is 0 Å². The van der Waals surface area contributed by atoms with Crippen LogP contribution in [0.15, 0.2) is 60.7 Å². The summed E-state index contributed by atoms with van der Waals surface area (Å²) in [5.41, 5.74) is 10.7. The topological polar surface area (TPSA) is 0 Å². The van der Waals surface area contributed by atoms with Crippen molar-refractivity contribution in [1.82, 2.24) is 0 Å². The Labute approximate surface area is 223 Å².